The number of esters is 1. The van der Waals surface area contributed by atoms with Gasteiger partial charge in [-0.25, -0.2) is 8.42 Å². The van der Waals surface area contributed by atoms with Crippen LogP contribution in [-0.2, 0) is 19.4 Å². The lowest BCUT2D eigenvalue weighted by Crippen LogP contribution is -2.30. The minimum absolute atomic E-state index is 0.0322. The van der Waals surface area contributed by atoms with Gasteiger partial charge >= 0.3 is 5.97 Å². The molecule has 0 rings (SSSR count). The van der Waals surface area contributed by atoms with Crippen LogP contribution in [0.25, 0.3) is 0 Å². The monoisotopic (exact) mass is 293 g/mol. The molecule has 5 nitrogen and oxygen atoms in total. The fourth-order valence-corrected chi connectivity index (χ4v) is 2.89. The summed E-state index contributed by atoms with van der Waals surface area (Å²) in [5.41, 5.74) is -0.647. The molecule has 0 heterocycles. The van der Waals surface area contributed by atoms with E-state index in [1.165, 1.54) is 0 Å². The van der Waals surface area contributed by atoms with E-state index in [2.05, 4.69) is 12.2 Å². The summed E-state index contributed by atoms with van der Waals surface area (Å²) < 4.78 is 28.5. The number of hydrogen-bond acceptors (Lipinski definition) is 5. The van der Waals surface area contributed by atoms with Gasteiger partial charge < -0.3 is 10.1 Å². The first-order chi connectivity index (χ1) is 8.59. The Balaban J connectivity index is 4.16. The largest absolute Gasteiger partial charge is 0.459 e. The van der Waals surface area contributed by atoms with E-state index in [1.54, 1.807) is 20.8 Å². The first kappa shape index (κ1) is 18.4. The molecule has 0 saturated heterocycles. The minimum Gasteiger partial charge on any atom is -0.459 e. The molecule has 0 aliphatic rings. The molecular weight excluding hydrogens is 266 g/mol. The van der Waals surface area contributed by atoms with Gasteiger partial charge in [0.2, 0.25) is 0 Å². The highest BCUT2D eigenvalue weighted by atomic mass is 32.2. The Labute approximate surface area is 117 Å². The molecule has 1 N–H and O–H groups in total. The smallest absolute Gasteiger partial charge is 0.321 e. The third-order valence-electron chi connectivity index (χ3n) is 2.67. The maximum absolute atomic E-state index is 11.8. The average molecular weight is 293 g/mol. The van der Waals surface area contributed by atoms with E-state index >= 15 is 0 Å². The van der Waals surface area contributed by atoms with E-state index in [0.717, 1.165) is 12.8 Å². The van der Waals surface area contributed by atoms with Gasteiger partial charge in [0.15, 0.2) is 9.84 Å². The lowest BCUT2D eigenvalue weighted by molar-refractivity contribution is -0.151. The van der Waals surface area contributed by atoms with Crippen LogP contribution >= 0.6 is 0 Å². The average Bonchev–Trinajstić information content (AvgIpc) is 2.20. The molecule has 0 aromatic heterocycles. The quantitative estimate of drug-likeness (QED) is 0.687. The summed E-state index contributed by atoms with van der Waals surface area (Å²) in [7, 11) is -1.50. The van der Waals surface area contributed by atoms with E-state index in [1.807, 2.05) is 7.05 Å². The second-order valence-electron chi connectivity index (χ2n) is 5.71. The molecule has 0 aliphatic heterocycles. The van der Waals surface area contributed by atoms with Gasteiger partial charge in [0.1, 0.15) is 11.4 Å². The standard InChI is InChI=1S/C13H27NO4S/c1-6-11(14-5)8-7-9-19(16,17)10-12(15)18-13(2,3)4/h11,14H,6-10H2,1-5H3. The molecule has 1 atom stereocenters. The van der Waals surface area contributed by atoms with Crippen LogP contribution in [0.2, 0.25) is 0 Å². The van der Waals surface area contributed by atoms with Crippen molar-refractivity contribution >= 4 is 15.8 Å². The zero-order valence-corrected chi connectivity index (χ0v) is 13.5. The summed E-state index contributed by atoms with van der Waals surface area (Å²) in [4.78, 5) is 11.5. The number of hydrogen-bond donors (Lipinski definition) is 1. The van der Waals surface area contributed by atoms with Crippen molar-refractivity contribution in [3.8, 4) is 0 Å². The summed E-state index contributed by atoms with van der Waals surface area (Å²) in [6.45, 7) is 7.21. The van der Waals surface area contributed by atoms with E-state index < -0.39 is 27.2 Å². The van der Waals surface area contributed by atoms with Crippen molar-refractivity contribution < 1.29 is 17.9 Å². The fourth-order valence-electron chi connectivity index (χ4n) is 1.72. The Morgan fingerprint density at radius 1 is 1.32 bits per heavy atom. The number of carbonyl (C=O) groups is 1. The van der Waals surface area contributed by atoms with Crippen molar-refractivity contribution in [2.45, 2.75) is 58.6 Å². The molecule has 114 valence electrons. The highest BCUT2D eigenvalue weighted by molar-refractivity contribution is 7.92. The molecule has 0 aliphatic carbocycles. The van der Waals surface area contributed by atoms with Gasteiger partial charge in [0, 0.05) is 6.04 Å². The van der Waals surface area contributed by atoms with Gasteiger partial charge in [0.25, 0.3) is 0 Å². The van der Waals surface area contributed by atoms with Crippen LogP contribution in [0.1, 0.15) is 47.0 Å². The molecule has 0 aromatic carbocycles. The SMILES string of the molecule is CCC(CCCS(=O)(=O)CC(=O)OC(C)(C)C)NC. The summed E-state index contributed by atoms with van der Waals surface area (Å²) in [6.07, 6.45) is 2.31. The van der Waals surface area contributed by atoms with Gasteiger partial charge in [-0.15, -0.1) is 0 Å². The Morgan fingerprint density at radius 3 is 2.32 bits per heavy atom. The van der Waals surface area contributed by atoms with E-state index in [9.17, 15) is 13.2 Å². The van der Waals surface area contributed by atoms with Gasteiger partial charge in [-0.05, 0) is 47.1 Å². The Hall–Kier alpha value is -0.620. The third kappa shape index (κ3) is 9.90. The fraction of sp³-hybridized carbons (Fsp3) is 0.923. The highest BCUT2D eigenvalue weighted by Crippen LogP contribution is 2.09. The van der Waals surface area contributed by atoms with Crippen molar-refractivity contribution in [1.29, 1.82) is 0 Å². The molecule has 0 spiro atoms. The van der Waals surface area contributed by atoms with Crippen LogP contribution in [-0.4, -0.2) is 44.6 Å². The topological polar surface area (TPSA) is 72.5 Å². The van der Waals surface area contributed by atoms with Crippen LogP contribution in [0.4, 0.5) is 0 Å². The molecule has 0 radical (unpaired) electrons. The summed E-state index contributed by atoms with van der Waals surface area (Å²) >= 11 is 0. The summed E-state index contributed by atoms with van der Waals surface area (Å²) in [6, 6.07) is 0.330. The molecule has 19 heavy (non-hydrogen) atoms. The first-order valence-electron chi connectivity index (χ1n) is 6.69. The molecule has 1 unspecified atom stereocenters. The summed E-state index contributed by atoms with van der Waals surface area (Å²) in [5, 5.41) is 3.12. The van der Waals surface area contributed by atoms with Gasteiger partial charge in [-0.2, -0.15) is 0 Å². The Kier molecular flexibility index (Phi) is 7.59. The van der Waals surface area contributed by atoms with Crippen molar-refractivity contribution in [3.05, 3.63) is 0 Å². The van der Waals surface area contributed by atoms with Gasteiger partial charge in [0.05, 0.1) is 5.75 Å². The first-order valence-corrected chi connectivity index (χ1v) is 8.51. The zero-order valence-electron chi connectivity index (χ0n) is 12.7. The number of ether oxygens (including phenoxy) is 1. The lowest BCUT2D eigenvalue weighted by atomic mass is 10.1. The van der Waals surface area contributed by atoms with Gasteiger partial charge in [-0.1, -0.05) is 6.92 Å². The second-order valence-corrected chi connectivity index (χ2v) is 7.90. The third-order valence-corrected chi connectivity index (χ3v) is 4.25. The van der Waals surface area contributed by atoms with E-state index in [0.29, 0.717) is 12.5 Å². The molecular formula is C13H27NO4S. The van der Waals surface area contributed by atoms with Crippen LogP contribution in [0.5, 0.6) is 0 Å². The molecule has 0 fully saturated rings. The molecule has 6 heteroatoms. The summed E-state index contributed by atoms with van der Waals surface area (Å²) in [5.74, 6) is -1.17. The molecule has 0 bridgehead atoms. The Morgan fingerprint density at radius 2 is 1.89 bits per heavy atom. The number of carbonyl (C=O) groups excluding carboxylic acids is 1. The predicted molar refractivity (Wildman–Crippen MR) is 76.9 cm³/mol. The van der Waals surface area contributed by atoms with Crippen LogP contribution in [0.3, 0.4) is 0 Å². The molecule has 0 amide bonds. The molecule has 0 saturated carbocycles. The van der Waals surface area contributed by atoms with E-state index in [4.69, 9.17) is 4.74 Å². The number of sulfone groups is 1. The zero-order chi connectivity index (χ0) is 15.1. The van der Waals surface area contributed by atoms with Crippen molar-refractivity contribution in [2.75, 3.05) is 18.6 Å². The maximum Gasteiger partial charge on any atom is 0.321 e. The highest BCUT2D eigenvalue weighted by Gasteiger charge is 2.22. The molecule has 0 aromatic rings. The lowest BCUT2D eigenvalue weighted by Gasteiger charge is -2.19. The van der Waals surface area contributed by atoms with Crippen molar-refractivity contribution in [2.24, 2.45) is 0 Å². The van der Waals surface area contributed by atoms with Crippen molar-refractivity contribution in [1.82, 2.24) is 5.32 Å². The van der Waals surface area contributed by atoms with Crippen LogP contribution in [0, 0.1) is 0 Å². The van der Waals surface area contributed by atoms with Crippen molar-refractivity contribution in [3.63, 3.8) is 0 Å². The van der Waals surface area contributed by atoms with Gasteiger partial charge in [-0.3, -0.25) is 4.79 Å². The van der Waals surface area contributed by atoms with Crippen LogP contribution in [0.15, 0.2) is 0 Å². The maximum atomic E-state index is 11.8. The second kappa shape index (κ2) is 7.85. The number of nitrogens with one attached hydrogen (secondary N) is 1. The normalized spacial score (nSPS) is 14.2. The Bertz CT molecular complexity index is 367. The number of rotatable bonds is 8. The predicted octanol–water partition coefficient (Wildman–Crippen LogP) is 1.52. The van der Waals surface area contributed by atoms with Crippen LogP contribution < -0.4 is 5.32 Å². The minimum atomic E-state index is -3.37. The van der Waals surface area contributed by atoms with E-state index in [-0.39, 0.29) is 5.75 Å².